The van der Waals surface area contributed by atoms with Gasteiger partial charge in [0, 0.05) is 21.3 Å². The van der Waals surface area contributed by atoms with Crippen LogP contribution in [0.15, 0.2) is 24.3 Å². The minimum absolute atomic E-state index is 0. The Labute approximate surface area is 142 Å². The van der Waals surface area contributed by atoms with Gasteiger partial charge in [-0.15, -0.1) is 0 Å². The number of hydrogen-bond acceptors (Lipinski definition) is 3. The first-order valence-corrected chi connectivity index (χ1v) is 8.17. The Morgan fingerprint density at radius 1 is 0.800 bits per heavy atom. The van der Waals surface area contributed by atoms with E-state index in [0.717, 1.165) is 6.04 Å². The molecule has 1 rings (SSSR count). The van der Waals surface area contributed by atoms with E-state index in [0.29, 0.717) is 0 Å². The van der Waals surface area contributed by atoms with Crippen molar-refractivity contribution in [1.29, 1.82) is 0 Å². The summed E-state index contributed by atoms with van der Waals surface area (Å²) in [6, 6.07) is 8.80. The van der Waals surface area contributed by atoms with Crippen molar-refractivity contribution >= 4 is 8.80 Å². The van der Waals surface area contributed by atoms with Crippen LogP contribution in [0.3, 0.4) is 0 Å². The summed E-state index contributed by atoms with van der Waals surface area (Å²) < 4.78 is 15.9. The van der Waals surface area contributed by atoms with E-state index in [-0.39, 0.29) is 21.1 Å². The van der Waals surface area contributed by atoms with Crippen LogP contribution in [-0.2, 0) is 40.4 Å². The molecule has 0 aliphatic heterocycles. The molecule has 0 unspecified atom stereocenters. The molecule has 0 fully saturated rings. The minimum Gasteiger partial charge on any atom is -0.377 e. The first-order chi connectivity index (χ1) is 9.26. The van der Waals surface area contributed by atoms with Crippen molar-refractivity contribution < 1.29 is 34.3 Å². The van der Waals surface area contributed by atoms with Crippen LogP contribution in [0.2, 0.25) is 0 Å². The van der Waals surface area contributed by atoms with Crippen LogP contribution < -0.4 is 0 Å². The van der Waals surface area contributed by atoms with Gasteiger partial charge in [-0.3, -0.25) is 0 Å². The second-order valence-electron chi connectivity index (χ2n) is 2.77. The van der Waals surface area contributed by atoms with Crippen molar-refractivity contribution in [3.63, 3.8) is 0 Å². The third kappa shape index (κ3) is 11.9. The van der Waals surface area contributed by atoms with E-state index in [1.54, 1.807) is 42.1 Å². The molecule has 3 nitrogen and oxygen atoms in total. The Morgan fingerprint density at radius 3 is 1.35 bits per heavy atom. The van der Waals surface area contributed by atoms with Crippen LogP contribution >= 0.6 is 0 Å². The van der Waals surface area contributed by atoms with Gasteiger partial charge in [0.2, 0.25) is 0 Å². The maximum Gasteiger partial charge on any atom is 4.00 e. The van der Waals surface area contributed by atoms with E-state index in [2.05, 4.69) is 20.8 Å². The van der Waals surface area contributed by atoms with Crippen molar-refractivity contribution in [2.75, 3.05) is 21.3 Å². The summed E-state index contributed by atoms with van der Waals surface area (Å²) in [6.07, 6.45) is 0. The van der Waals surface area contributed by atoms with Gasteiger partial charge in [-0.1, -0.05) is 0 Å². The van der Waals surface area contributed by atoms with Crippen LogP contribution in [0.4, 0.5) is 0 Å². The molecule has 122 valence electrons. The quantitative estimate of drug-likeness (QED) is 0.472. The van der Waals surface area contributed by atoms with E-state index in [9.17, 15) is 0 Å². The van der Waals surface area contributed by atoms with E-state index in [4.69, 9.17) is 13.3 Å². The Balaban J connectivity index is -0.000000162. The maximum absolute atomic E-state index is 5.30. The second kappa shape index (κ2) is 21.4. The van der Waals surface area contributed by atoms with Gasteiger partial charge < -0.3 is 34.0 Å². The van der Waals surface area contributed by atoms with Gasteiger partial charge in [-0.05, 0) is 6.04 Å². The fourth-order valence-corrected chi connectivity index (χ4v) is 2.92. The molecule has 0 radical (unpaired) electrons. The second-order valence-corrected chi connectivity index (χ2v) is 5.71. The third-order valence-electron chi connectivity index (χ3n) is 2.09. The molecule has 0 bridgehead atoms. The smallest absolute Gasteiger partial charge is 0.377 e. The molecule has 5 heteroatoms. The molecule has 1 aromatic rings. The molecule has 0 saturated heterocycles. The van der Waals surface area contributed by atoms with Gasteiger partial charge >= 0.3 is 29.9 Å². The molecule has 0 saturated carbocycles. The van der Waals surface area contributed by atoms with Crippen LogP contribution in [0, 0.1) is 20.8 Å². The molecule has 0 aliphatic rings. The van der Waals surface area contributed by atoms with Crippen molar-refractivity contribution in [3.05, 3.63) is 50.6 Å². The van der Waals surface area contributed by atoms with Crippen LogP contribution in [0.5, 0.6) is 0 Å². The van der Waals surface area contributed by atoms with Crippen molar-refractivity contribution in [3.8, 4) is 0 Å². The molecule has 0 N–H and O–H groups in total. The molecule has 0 aliphatic carbocycles. The topological polar surface area (TPSA) is 27.7 Å². The van der Waals surface area contributed by atoms with Gasteiger partial charge in [0.25, 0.3) is 0 Å². The SMILES string of the molecule is CO[Si](C[c-]1cccc1)(OC)OC.[CH2-]C.[CH2-]C.[CH2-]C.[Pt+4]. The summed E-state index contributed by atoms with van der Waals surface area (Å²) in [6.45, 7) is 15.0. The van der Waals surface area contributed by atoms with Gasteiger partial charge in [0.15, 0.2) is 0 Å². The Hall–Kier alpha value is 0.135. The summed E-state index contributed by atoms with van der Waals surface area (Å²) >= 11 is 0. The molecule has 0 spiro atoms. The van der Waals surface area contributed by atoms with Crippen LogP contribution in [-0.4, -0.2) is 30.1 Å². The summed E-state index contributed by atoms with van der Waals surface area (Å²) in [4.78, 5) is 0. The molecule has 20 heavy (non-hydrogen) atoms. The fourth-order valence-electron chi connectivity index (χ4n) is 1.25. The van der Waals surface area contributed by atoms with Gasteiger partial charge in [-0.2, -0.15) is 38.5 Å². The monoisotopic (exact) mass is 481 g/mol. The summed E-state index contributed by atoms with van der Waals surface area (Å²) in [7, 11) is 2.46. The number of hydrogen-bond donors (Lipinski definition) is 0. The minimum atomic E-state index is -2.42. The average molecular weight is 482 g/mol. The number of rotatable bonds is 5. The summed E-state index contributed by atoms with van der Waals surface area (Å²) in [5, 5.41) is 0. The normalized spacial score (nSPS) is 8.65. The average Bonchev–Trinajstić information content (AvgIpc) is 3.04. The Morgan fingerprint density at radius 2 is 1.10 bits per heavy atom. The molecule has 0 heterocycles. The zero-order valence-corrected chi connectivity index (χ0v) is 17.0. The zero-order chi connectivity index (χ0) is 15.7. The Bertz CT molecular complexity index is 229. The summed E-state index contributed by atoms with van der Waals surface area (Å²) in [5.74, 6) is 0. The van der Waals surface area contributed by atoms with Crippen molar-refractivity contribution in [1.82, 2.24) is 0 Å². The van der Waals surface area contributed by atoms with E-state index < -0.39 is 8.80 Å². The van der Waals surface area contributed by atoms with Gasteiger partial charge in [0.1, 0.15) is 0 Å². The van der Waals surface area contributed by atoms with Crippen molar-refractivity contribution in [2.45, 2.75) is 26.8 Å². The van der Waals surface area contributed by atoms with Crippen LogP contribution in [0.1, 0.15) is 26.3 Å². The molecular weight excluding hydrogens is 451 g/mol. The van der Waals surface area contributed by atoms with Crippen molar-refractivity contribution in [2.24, 2.45) is 0 Å². The predicted octanol–water partition coefficient (Wildman–Crippen LogP) is 3.88. The summed E-state index contributed by atoms with van der Waals surface area (Å²) in [5.41, 5.74) is 1.19. The van der Waals surface area contributed by atoms with Gasteiger partial charge in [0.05, 0.1) is 0 Å². The first-order valence-electron chi connectivity index (χ1n) is 6.24. The zero-order valence-electron chi connectivity index (χ0n) is 13.7. The van der Waals surface area contributed by atoms with E-state index in [1.807, 2.05) is 24.3 Å². The molecular formula is C15H30O3PtSi. The Kier molecular flexibility index (Phi) is 30.3. The van der Waals surface area contributed by atoms with E-state index >= 15 is 0 Å². The van der Waals surface area contributed by atoms with Gasteiger partial charge in [-0.25, -0.2) is 12.1 Å². The third-order valence-corrected chi connectivity index (χ3v) is 4.79. The predicted molar refractivity (Wildman–Crippen MR) is 85.6 cm³/mol. The van der Waals surface area contributed by atoms with Crippen LogP contribution in [0.25, 0.3) is 0 Å². The molecule has 0 aromatic heterocycles. The fraction of sp³-hybridized carbons (Fsp3) is 0.467. The molecule has 0 amide bonds. The molecule has 0 atom stereocenters. The van der Waals surface area contributed by atoms with E-state index in [1.165, 1.54) is 5.56 Å². The first kappa shape index (κ1) is 28.3. The largest absolute Gasteiger partial charge is 4.00 e. The molecule has 1 aromatic carbocycles. The standard InChI is InChI=1S/C9H15O3Si.3C2H5.Pt/c1-10-13(11-2,12-3)8-9-6-4-5-7-9;3*1-2;/h4-7H,8H2,1-3H3;3*1H2,2H3;/q4*-1;+4. The maximum atomic E-state index is 5.30.